The molecule has 1 fully saturated rings. The number of halogens is 1. The number of aliphatic imine (C=N–C) groups is 1. The lowest BCUT2D eigenvalue weighted by Gasteiger charge is -2.32. The van der Waals surface area contributed by atoms with Gasteiger partial charge in [-0.3, -0.25) is 4.99 Å². The molecule has 1 aliphatic heterocycles. The normalized spacial score (nSPS) is 18.2. The van der Waals surface area contributed by atoms with Crippen LogP contribution in [0.25, 0.3) is 0 Å². The number of guanidine groups is 1. The van der Waals surface area contributed by atoms with Crippen molar-refractivity contribution in [1.82, 2.24) is 15.6 Å². The number of rotatable bonds is 5. The van der Waals surface area contributed by atoms with Gasteiger partial charge in [-0.1, -0.05) is 30.3 Å². The SMILES string of the molecule is CN=C(NCc1ccnc(N2CCOC(C)C2)c1)NC(C)c1ccccc1.I. The minimum absolute atomic E-state index is 0. The predicted octanol–water partition coefficient (Wildman–Crippen LogP) is 3.35. The van der Waals surface area contributed by atoms with Crippen LogP contribution in [0, 0.1) is 0 Å². The van der Waals surface area contributed by atoms with Gasteiger partial charge in [-0.2, -0.15) is 0 Å². The van der Waals surface area contributed by atoms with Gasteiger partial charge in [-0.05, 0) is 37.1 Å². The molecule has 1 aromatic carbocycles. The summed E-state index contributed by atoms with van der Waals surface area (Å²) in [5.41, 5.74) is 2.41. The van der Waals surface area contributed by atoms with Gasteiger partial charge in [0.1, 0.15) is 5.82 Å². The van der Waals surface area contributed by atoms with Crippen molar-refractivity contribution in [2.24, 2.45) is 4.99 Å². The molecule has 7 heteroatoms. The molecule has 2 heterocycles. The maximum absolute atomic E-state index is 5.62. The topological polar surface area (TPSA) is 61.8 Å². The Balaban J connectivity index is 0.00000280. The molecular formula is C21H30IN5O. The fourth-order valence-electron chi connectivity index (χ4n) is 3.18. The zero-order chi connectivity index (χ0) is 19.1. The molecular weight excluding hydrogens is 465 g/mol. The highest BCUT2D eigenvalue weighted by atomic mass is 127. The van der Waals surface area contributed by atoms with E-state index in [0.717, 1.165) is 31.5 Å². The van der Waals surface area contributed by atoms with Gasteiger partial charge >= 0.3 is 0 Å². The van der Waals surface area contributed by atoms with E-state index in [1.54, 1.807) is 7.05 Å². The number of nitrogens with one attached hydrogen (secondary N) is 2. The van der Waals surface area contributed by atoms with Crippen molar-refractivity contribution >= 4 is 35.8 Å². The van der Waals surface area contributed by atoms with Crippen LogP contribution in [-0.4, -0.2) is 43.8 Å². The van der Waals surface area contributed by atoms with E-state index in [4.69, 9.17) is 4.74 Å². The van der Waals surface area contributed by atoms with E-state index in [1.807, 2.05) is 18.3 Å². The lowest BCUT2D eigenvalue weighted by molar-refractivity contribution is 0.0529. The number of hydrogen-bond donors (Lipinski definition) is 2. The van der Waals surface area contributed by atoms with Crippen molar-refractivity contribution in [2.45, 2.75) is 32.5 Å². The van der Waals surface area contributed by atoms with Crippen molar-refractivity contribution in [1.29, 1.82) is 0 Å². The van der Waals surface area contributed by atoms with Gasteiger partial charge < -0.3 is 20.3 Å². The zero-order valence-electron chi connectivity index (χ0n) is 16.8. The van der Waals surface area contributed by atoms with E-state index >= 15 is 0 Å². The number of morpholine rings is 1. The van der Waals surface area contributed by atoms with Gasteiger partial charge in [-0.15, -0.1) is 24.0 Å². The second-order valence-electron chi connectivity index (χ2n) is 6.85. The summed E-state index contributed by atoms with van der Waals surface area (Å²) < 4.78 is 5.62. The third kappa shape index (κ3) is 6.34. The van der Waals surface area contributed by atoms with Crippen molar-refractivity contribution in [3.8, 4) is 0 Å². The largest absolute Gasteiger partial charge is 0.375 e. The molecule has 2 aromatic rings. The van der Waals surface area contributed by atoms with Crippen LogP contribution in [0.3, 0.4) is 0 Å². The van der Waals surface area contributed by atoms with Crippen LogP contribution in [0.1, 0.15) is 31.0 Å². The summed E-state index contributed by atoms with van der Waals surface area (Å²) in [6.45, 7) is 7.43. The Morgan fingerprint density at radius 2 is 2.11 bits per heavy atom. The molecule has 2 atom stereocenters. The monoisotopic (exact) mass is 495 g/mol. The summed E-state index contributed by atoms with van der Waals surface area (Å²) in [4.78, 5) is 11.2. The molecule has 152 valence electrons. The van der Waals surface area contributed by atoms with Crippen molar-refractivity contribution in [2.75, 3.05) is 31.6 Å². The van der Waals surface area contributed by atoms with Crippen LogP contribution in [0.5, 0.6) is 0 Å². The molecule has 0 amide bonds. The molecule has 2 N–H and O–H groups in total. The van der Waals surface area contributed by atoms with Crippen molar-refractivity contribution in [3.05, 3.63) is 59.8 Å². The number of ether oxygens (including phenoxy) is 1. The Morgan fingerprint density at radius 1 is 1.32 bits per heavy atom. The van der Waals surface area contributed by atoms with E-state index in [0.29, 0.717) is 6.54 Å². The fraction of sp³-hybridized carbons (Fsp3) is 0.429. The maximum Gasteiger partial charge on any atom is 0.191 e. The second kappa shape index (κ2) is 11.2. The van der Waals surface area contributed by atoms with Crippen LogP contribution in [0.15, 0.2) is 53.7 Å². The van der Waals surface area contributed by atoms with Gasteiger partial charge in [0.05, 0.1) is 18.8 Å². The lowest BCUT2D eigenvalue weighted by atomic mass is 10.1. The van der Waals surface area contributed by atoms with E-state index in [1.165, 1.54) is 11.1 Å². The van der Waals surface area contributed by atoms with Crippen LogP contribution in [-0.2, 0) is 11.3 Å². The van der Waals surface area contributed by atoms with E-state index in [-0.39, 0.29) is 36.1 Å². The molecule has 0 aliphatic carbocycles. The molecule has 1 aliphatic rings. The van der Waals surface area contributed by atoms with Gasteiger partial charge in [0.15, 0.2) is 5.96 Å². The summed E-state index contributed by atoms with van der Waals surface area (Å²) >= 11 is 0. The molecule has 0 saturated carbocycles. The molecule has 2 unspecified atom stereocenters. The first-order valence-corrected chi connectivity index (χ1v) is 9.49. The van der Waals surface area contributed by atoms with E-state index in [2.05, 4.69) is 69.7 Å². The minimum atomic E-state index is 0. The Hall–Kier alpha value is -1.87. The van der Waals surface area contributed by atoms with Crippen LogP contribution in [0.2, 0.25) is 0 Å². The van der Waals surface area contributed by atoms with Crippen molar-refractivity contribution < 1.29 is 4.74 Å². The van der Waals surface area contributed by atoms with Gasteiger partial charge in [0.25, 0.3) is 0 Å². The highest BCUT2D eigenvalue weighted by Gasteiger charge is 2.18. The van der Waals surface area contributed by atoms with Crippen molar-refractivity contribution in [3.63, 3.8) is 0 Å². The van der Waals surface area contributed by atoms with Crippen LogP contribution in [0.4, 0.5) is 5.82 Å². The second-order valence-corrected chi connectivity index (χ2v) is 6.85. The van der Waals surface area contributed by atoms with Gasteiger partial charge in [0, 0.05) is 32.9 Å². The third-order valence-corrected chi connectivity index (χ3v) is 4.71. The third-order valence-electron chi connectivity index (χ3n) is 4.71. The number of pyridine rings is 1. The number of aromatic nitrogens is 1. The fourth-order valence-corrected chi connectivity index (χ4v) is 3.18. The average Bonchev–Trinajstić information content (AvgIpc) is 2.72. The van der Waals surface area contributed by atoms with E-state index < -0.39 is 0 Å². The molecule has 1 saturated heterocycles. The Bertz CT molecular complexity index is 755. The smallest absolute Gasteiger partial charge is 0.191 e. The summed E-state index contributed by atoms with van der Waals surface area (Å²) in [5, 5.41) is 6.83. The molecule has 1 aromatic heterocycles. The standard InChI is InChI=1S/C21H29N5O.HI/c1-16-15-26(11-12-27-16)20-13-18(9-10-23-20)14-24-21(22-3)25-17(2)19-7-5-4-6-8-19;/h4-10,13,16-17H,11-12,14-15H2,1-3H3,(H2,22,24,25);1H. The van der Waals surface area contributed by atoms with Crippen LogP contribution >= 0.6 is 24.0 Å². The Kier molecular flexibility index (Phi) is 8.98. The lowest BCUT2D eigenvalue weighted by Crippen LogP contribution is -2.41. The molecule has 28 heavy (non-hydrogen) atoms. The Morgan fingerprint density at radius 3 is 2.82 bits per heavy atom. The molecule has 0 spiro atoms. The van der Waals surface area contributed by atoms with E-state index in [9.17, 15) is 0 Å². The first kappa shape index (κ1) is 22.4. The average molecular weight is 495 g/mol. The first-order valence-electron chi connectivity index (χ1n) is 9.49. The highest BCUT2D eigenvalue weighted by molar-refractivity contribution is 14.0. The molecule has 0 bridgehead atoms. The predicted molar refractivity (Wildman–Crippen MR) is 125 cm³/mol. The molecule has 0 radical (unpaired) electrons. The number of hydrogen-bond acceptors (Lipinski definition) is 4. The summed E-state index contributed by atoms with van der Waals surface area (Å²) in [5.74, 6) is 1.79. The number of nitrogens with zero attached hydrogens (tertiary/aromatic N) is 3. The maximum atomic E-state index is 5.62. The summed E-state index contributed by atoms with van der Waals surface area (Å²) in [7, 11) is 1.79. The highest BCUT2D eigenvalue weighted by Crippen LogP contribution is 2.16. The summed E-state index contributed by atoms with van der Waals surface area (Å²) in [6.07, 6.45) is 2.11. The number of benzene rings is 1. The zero-order valence-corrected chi connectivity index (χ0v) is 19.1. The molecule has 6 nitrogen and oxygen atoms in total. The van der Waals surface area contributed by atoms with Gasteiger partial charge in [-0.25, -0.2) is 4.98 Å². The first-order chi connectivity index (χ1) is 13.2. The molecule has 3 rings (SSSR count). The van der Waals surface area contributed by atoms with Crippen LogP contribution < -0.4 is 15.5 Å². The minimum Gasteiger partial charge on any atom is -0.375 e. The summed E-state index contributed by atoms with van der Waals surface area (Å²) in [6, 6.07) is 14.7. The Labute approximate surface area is 184 Å². The number of anilines is 1. The van der Waals surface area contributed by atoms with Gasteiger partial charge in [0.2, 0.25) is 0 Å². The quantitative estimate of drug-likeness (QED) is 0.379.